The molecule has 1 saturated heterocycles. The number of halogens is 1. The Morgan fingerprint density at radius 3 is 2.85 bits per heavy atom. The zero-order valence-electron chi connectivity index (χ0n) is 11.3. The third-order valence-corrected chi connectivity index (χ3v) is 3.49. The van der Waals surface area contributed by atoms with Crippen molar-refractivity contribution in [3.8, 4) is 0 Å². The van der Waals surface area contributed by atoms with Crippen molar-refractivity contribution in [2.45, 2.75) is 6.54 Å². The van der Waals surface area contributed by atoms with Gasteiger partial charge in [-0.05, 0) is 11.6 Å². The van der Waals surface area contributed by atoms with Crippen LogP contribution in [0.3, 0.4) is 0 Å². The van der Waals surface area contributed by atoms with Crippen molar-refractivity contribution < 1.29 is 14.3 Å². The number of carbonyl (C=O) groups is 1. The van der Waals surface area contributed by atoms with Crippen LogP contribution in [0.4, 0.5) is 4.79 Å². The van der Waals surface area contributed by atoms with Gasteiger partial charge < -0.3 is 14.8 Å². The van der Waals surface area contributed by atoms with E-state index in [2.05, 4.69) is 10.2 Å². The average molecular weight is 299 g/mol. The molecule has 0 atom stereocenters. The lowest BCUT2D eigenvalue weighted by Crippen LogP contribution is -2.39. The molecule has 5 nitrogen and oxygen atoms in total. The number of alkyl carbamates (subject to hydrolysis) is 1. The van der Waals surface area contributed by atoms with Gasteiger partial charge in [0.2, 0.25) is 0 Å². The molecular weight excluding hydrogens is 280 g/mol. The first-order valence-electron chi connectivity index (χ1n) is 6.70. The third-order valence-electron chi connectivity index (χ3n) is 3.13. The van der Waals surface area contributed by atoms with Gasteiger partial charge in [-0.3, -0.25) is 4.90 Å². The van der Waals surface area contributed by atoms with Gasteiger partial charge in [0.05, 0.1) is 13.2 Å². The van der Waals surface area contributed by atoms with Crippen LogP contribution < -0.4 is 5.32 Å². The minimum atomic E-state index is -0.418. The van der Waals surface area contributed by atoms with Gasteiger partial charge in [-0.1, -0.05) is 29.8 Å². The molecule has 0 spiro atoms. The molecular formula is C14H19ClN2O3. The number of morpholine rings is 1. The van der Waals surface area contributed by atoms with Crippen LogP contribution in [0.5, 0.6) is 0 Å². The summed E-state index contributed by atoms with van der Waals surface area (Å²) in [7, 11) is 0. The van der Waals surface area contributed by atoms with Crippen molar-refractivity contribution in [2.24, 2.45) is 0 Å². The maximum Gasteiger partial charge on any atom is 0.407 e. The van der Waals surface area contributed by atoms with E-state index < -0.39 is 6.09 Å². The van der Waals surface area contributed by atoms with Crippen LogP contribution in [0.2, 0.25) is 5.02 Å². The number of benzene rings is 1. The molecule has 1 amide bonds. The predicted octanol–water partition coefficient (Wildman–Crippen LogP) is 1.90. The molecule has 1 heterocycles. The molecule has 1 aromatic carbocycles. The van der Waals surface area contributed by atoms with Gasteiger partial charge in [0, 0.05) is 31.2 Å². The highest BCUT2D eigenvalue weighted by Crippen LogP contribution is 2.14. The second kappa shape index (κ2) is 8.09. The van der Waals surface area contributed by atoms with E-state index in [0.29, 0.717) is 18.2 Å². The van der Waals surface area contributed by atoms with Gasteiger partial charge in [-0.25, -0.2) is 4.79 Å². The molecule has 0 aromatic heterocycles. The van der Waals surface area contributed by atoms with Crippen LogP contribution in [-0.4, -0.2) is 50.4 Å². The van der Waals surface area contributed by atoms with Crippen LogP contribution in [-0.2, 0) is 16.0 Å². The molecule has 6 heteroatoms. The SMILES string of the molecule is O=C(NCc1ccccc1Cl)OCCN1CCOCC1. The van der Waals surface area contributed by atoms with Gasteiger partial charge in [0.1, 0.15) is 6.61 Å². The highest BCUT2D eigenvalue weighted by molar-refractivity contribution is 6.31. The van der Waals surface area contributed by atoms with E-state index in [-0.39, 0.29) is 0 Å². The molecule has 1 N–H and O–H groups in total. The first-order chi connectivity index (χ1) is 9.75. The molecule has 1 aliphatic heterocycles. The highest BCUT2D eigenvalue weighted by atomic mass is 35.5. The van der Waals surface area contributed by atoms with Gasteiger partial charge in [0.15, 0.2) is 0 Å². The standard InChI is InChI=1S/C14H19ClN2O3/c15-13-4-2-1-3-12(13)11-16-14(18)20-10-7-17-5-8-19-9-6-17/h1-4H,5-11H2,(H,16,18). The number of carbonyl (C=O) groups excluding carboxylic acids is 1. The summed E-state index contributed by atoms with van der Waals surface area (Å²) >= 11 is 6.00. The number of hydrogen-bond donors (Lipinski definition) is 1. The predicted molar refractivity (Wildman–Crippen MR) is 76.9 cm³/mol. The topological polar surface area (TPSA) is 50.8 Å². The molecule has 1 aliphatic rings. The van der Waals surface area contributed by atoms with Crippen LogP contribution in [0.25, 0.3) is 0 Å². The largest absolute Gasteiger partial charge is 0.448 e. The van der Waals surface area contributed by atoms with Crippen molar-refractivity contribution in [1.82, 2.24) is 10.2 Å². The summed E-state index contributed by atoms with van der Waals surface area (Å²) in [6.45, 7) is 4.78. The second-order valence-electron chi connectivity index (χ2n) is 4.53. The fourth-order valence-electron chi connectivity index (χ4n) is 1.95. The maximum absolute atomic E-state index is 11.5. The van der Waals surface area contributed by atoms with Crippen molar-refractivity contribution in [2.75, 3.05) is 39.5 Å². The van der Waals surface area contributed by atoms with Gasteiger partial charge in [-0.15, -0.1) is 0 Å². The smallest absolute Gasteiger partial charge is 0.407 e. The monoisotopic (exact) mass is 298 g/mol. The quantitative estimate of drug-likeness (QED) is 0.902. The Kier molecular flexibility index (Phi) is 6.11. The Morgan fingerprint density at radius 1 is 1.35 bits per heavy atom. The zero-order chi connectivity index (χ0) is 14.2. The lowest BCUT2D eigenvalue weighted by molar-refractivity contribution is 0.0281. The van der Waals surface area contributed by atoms with Gasteiger partial charge in [0.25, 0.3) is 0 Å². The third kappa shape index (κ3) is 5.00. The minimum absolute atomic E-state index is 0.371. The molecule has 110 valence electrons. The van der Waals surface area contributed by atoms with E-state index >= 15 is 0 Å². The van der Waals surface area contributed by atoms with Crippen LogP contribution in [0.1, 0.15) is 5.56 Å². The van der Waals surface area contributed by atoms with Crippen molar-refractivity contribution in [3.63, 3.8) is 0 Å². The molecule has 0 saturated carbocycles. The van der Waals surface area contributed by atoms with Crippen molar-refractivity contribution in [3.05, 3.63) is 34.9 Å². The summed E-state index contributed by atoms with van der Waals surface area (Å²) in [5.41, 5.74) is 0.874. The molecule has 20 heavy (non-hydrogen) atoms. The van der Waals surface area contributed by atoms with E-state index in [0.717, 1.165) is 38.4 Å². The van der Waals surface area contributed by atoms with Crippen LogP contribution in [0, 0.1) is 0 Å². The normalized spacial score (nSPS) is 15.8. The molecule has 0 radical (unpaired) electrons. The first kappa shape index (κ1) is 15.1. The number of nitrogens with one attached hydrogen (secondary N) is 1. The van der Waals surface area contributed by atoms with E-state index in [1.165, 1.54) is 0 Å². The van der Waals surface area contributed by atoms with Crippen molar-refractivity contribution in [1.29, 1.82) is 0 Å². The Balaban J connectivity index is 1.62. The molecule has 1 fully saturated rings. The van der Waals surface area contributed by atoms with E-state index in [4.69, 9.17) is 21.1 Å². The Morgan fingerprint density at radius 2 is 2.10 bits per heavy atom. The van der Waals surface area contributed by atoms with Gasteiger partial charge in [-0.2, -0.15) is 0 Å². The first-order valence-corrected chi connectivity index (χ1v) is 7.07. The zero-order valence-corrected chi connectivity index (χ0v) is 12.1. The van der Waals surface area contributed by atoms with Crippen molar-refractivity contribution >= 4 is 17.7 Å². The summed E-state index contributed by atoms with van der Waals surface area (Å²) in [4.78, 5) is 13.8. The molecule has 0 aliphatic carbocycles. The average Bonchev–Trinajstić information content (AvgIpc) is 2.47. The number of rotatable bonds is 5. The fourth-order valence-corrected chi connectivity index (χ4v) is 2.15. The summed E-state index contributed by atoms with van der Waals surface area (Å²) < 4.78 is 10.4. The Hall–Kier alpha value is -1.30. The number of nitrogens with zero attached hydrogens (tertiary/aromatic N) is 1. The second-order valence-corrected chi connectivity index (χ2v) is 4.94. The van der Waals surface area contributed by atoms with E-state index in [9.17, 15) is 4.79 Å². The summed E-state index contributed by atoms with van der Waals surface area (Å²) in [6, 6.07) is 7.40. The Labute approximate surface area is 123 Å². The fraction of sp³-hybridized carbons (Fsp3) is 0.500. The molecule has 0 unspecified atom stereocenters. The highest BCUT2D eigenvalue weighted by Gasteiger charge is 2.11. The molecule has 0 bridgehead atoms. The number of amides is 1. The number of hydrogen-bond acceptors (Lipinski definition) is 4. The van der Waals surface area contributed by atoms with E-state index in [1.54, 1.807) is 6.07 Å². The summed E-state index contributed by atoms with van der Waals surface area (Å²) in [6.07, 6.45) is -0.418. The number of ether oxygens (including phenoxy) is 2. The lowest BCUT2D eigenvalue weighted by atomic mass is 10.2. The lowest BCUT2D eigenvalue weighted by Gasteiger charge is -2.26. The Bertz CT molecular complexity index is 436. The molecule has 1 aromatic rings. The van der Waals surface area contributed by atoms with Gasteiger partial charge >= 0.3 is 6.09 Å². The maximum atomic E-state index is 11.5. The van der Waals surface area contributed by atoms with Crippen LogP contribution >= 0.6 is 11.6 Å². The molecule has 2 rings (SSSR count). The summed E-state index contributed by atoms with van der Waals surface area (Å²) in [5, 5.41) is 3.33. The minimum Gasteiger partial charge on any atom is -0.448 e. The van der Waals surface area contributed by atoms with Crippen LogP contribution in [0.15, 0.2) is 24.3 Å². The summed E-state index contributed by atoms with van der Waals surface area (Å²) in [5.74, 6) is 0. The van der Waals surface area contributed by atoms with E-state index in [1.807, 2.05) is 18.2 Å².